The summed E-state index contributed by atoms with van der Waals surface area (Å²) in [5.41, 5.74) is -0.839. The minimum Gasteiger partial charge on any atom is -0.229 e. The maximum Gasteiger partial charge on any atom is 0.158 e. The van der Waals surface area contributed by atoms with Crippen LogP contribution in [0.5, 0.6) is 0 Å². The van der Waals surface area contributed by atoms with Crippen LogP contribution in [0, 0.1) is 17.8 Å². The lowest BCUT2D eigenvalue weighted by molar-refractivity contribution is -0.384. The molecule has 0 aliphatic heterocycles. The second-order valence-corrected chi connectivity index (χ2v) is 5.21. The Kier molecular flexibility index (Phi) is 4.64. The normalized spacial score (nSPS) is 12.6. The van der Waals surface area contributed by atoms with Gasteiger partial charge in [-0.2, -0.15) is 0 Å². The summed E-state index contributed by atoms with van der Waals surface area (Å²) in [4.78, 5) is 10.5. The monoisotopic (exact) mass is 198 g/mol. The molecule has 0 aliphatic rings. The van der Waals surface area contributed by atoms with Gasteiger partial charge in [0.1, 0.15) is 0 Å². The average molecular weight is 198 g/mol. The van der Waals surface area contributed by atoms with Crippen molar-refractivity contribution in [2.75, 3.05) is 0 Å². The molecule has 0 N–H and O–H groups in total. The average Bonchev–Trinajstić information content (AvgIpc) is 1.97. The van der Waals surface area contributed by atoms with E-state index in [0.717, 1.165) is 0 Å². The van der Waals surface area contributed by atoms with Crippen LogP contribution < -0.4 is 0 Å². The van der Waals surface area contributed by atoms with Gasteiger partial charge in [0.05, 0.1) is 5.60 Å². The smallest absolute Gasteiger partial charge is 0.158 e. The minimum atomic E-state index is -0.544. The molecule has 0 fully saturated rings. The van der Waals surface area contributed by atoms with Crippen molar-refractivity contribution >= 4 is 0 Å². The van der Waals surface area contributed by atoms with Crippen LogP contribution in [0.1, 0.15) is 48.5 Å². The molecule has 0 unspecified atom stereocenters. The highest BCUT2D eigenvalue weighted by atomic mass is 17.2. The first-order valence-corrected chi connectivity index (χ1v) is 5.02. The summed E-state index contributed by atoms with van der Waals surface area (Å²) in [5, 5.41) is 0. The first-order chi connectivity index (χ1) is 6.12. The Bertz CT molecular complexity index is 223. The fourth-order valence-corrected chi connectivity index (χ4v) is 0.568. The molecule has 0 aromatic carbocycles. The molecule has 0 rings (SSSR count). The molecule has 2 nitrogen and oxygen atoms in total. The van der Waals surface area contributed by atoms with Crippen molar-refractivity contribution in [3.63, 3.8) is 0 Å². The molecule has 0 spiro atoms. The Hall–Kier alpha value is -0.520. The molecule has 0 aromatic rings. The SMILES string of the molecule is CC(C)C#CC(C)(C)OOC(C)(C)C. The Morgan fingerprint density at radius 1 is 0.929 bits per heavy atom. The van der Waals surface area contributed by atoms with Crippen molar-refractivity contribution in [2.24, 2.45) is 5.92 Å². The maximum atomic E-state index is 5.27. The van der Waals surface area contributed by atoms with Gasteiger partial charge in [-0.15, -0.1) is 0 Å². The number of hydrogen-bond donors (Lipinski definition) is 0. The van der Waals surface area contributed by atoms with Crippen LogP contribution in [-0.4, -0.2) is 11.2 Å². The molecular formula is C12H22O2. The van der Waals surface area contributed by atoms with Crippen LogP contribution in [0.3, 0.4) is 0 Å². The molecule has 82 valence electrons. The van der Waals surface area contributed by atoms with Crippen molar-refractivity contribution < 1.29 is 9.78 Å². The van der Waals surface area contributed by atoms with Crippen LogP contribution in [0.2, 0.25) is 0 Å². The number of hydrogen-bond acceptors (Lipinski definition) is 2. The number of rotatable bonds is 2. The molecule has 2 heteroatoms. The summed E-state index contributed by atoms with van der Waals surface area (Å²) >= 11 is 0. The van der Waals surface area contributed by atoms with Crippen molar-refractivity contribution in [3.8, 4) is 11.8 Å². The zero-order valence-corrected chi connectivity index (χ0v) is 10.4. The van der Waals surface area contributed by atoms with Gasteiger partial charge in [-0.3, -0.25) is 0 Å². The van der Waals surface area contributed by atoms with Gasteiger partial charge in [-0.05, 0) is 34.6 Å². The molecule has 0 saturated heterocycles. The van der Waals surface area contributed by atoms with Gasteiger partial charge in [-0.1, -0.05) is 25.7 Å². The van der Waals surface area contributed by atoms with E-state index in [2.05, 4.69) is 11.8 Å². The molecule has 14 heavy (non-hydrogen) atoms. The van der Waals surface area contributed by atoms with Gasteiger partial charge >= 0.3 is 0 Å². The Balaban J connectivity index is 4.17. The largest absolute Gasteiger partial charge is 0.229 e. The molecule has 0 atom stereocenters. The molecule has 0 radical (unpaired) electrons. The highest BCUT2D eigenvalue weighted by Crippen LogP contribution is 2.15. The highest BCUT2D eigenvalue weighted by Gasteiger charge is 2.21. The lowest BCUT2D eigenvalue weighted by atomic mass is 10.1. The van der Waals surface area contributed by atoms with Crippen molar-refractivity contribution in [2.45, 2.75) is 59.7 Å². The zero-order chi connectivity index (χ0) is 11.4. The summed E-state index contributed by atoms with van der Waals surface area (Å²) in [5.74, 6) is 6.45. The molecule has 0 saturated carbocycles. The van der Waals surface area contributed by atoms with E-state index in [-0.39, 0.29) is 5.60 Å². The second kappa shape index (κ2) is 4.82. The van der Waals surface area contributed by atoms with E-state index in [4.69, 9.17) is 9.78 Å². The predicted molar refractivity (Wildman–Crippen MR) is 58.6 cm³/mol. The van der Waals surface area contributed by atoms with Crippen molar-refractivity contribution in [1.82, 2.24) is 0 Å². The third-order valence-corrected chi connectivity index (χ3v) is 1.16. The Labute approximate surface area is 87.9 Å². The molecule has 0 aromatic heterocycles. The lowest BCUT2D eigenvalue weighted by Crippen LogP contribution is -2.29. The summed E-state index contributed by atoms with van der Waals surface area (Å²) < 4.78 is 0. The van der Waals surface area contributed by atoms with E-state index in [1.54, 1.807) is 0 Å². The van der Waals surface area contributed by atoms with Crippen LogP contribution in [0.4, 0.5) is 0 Å². The Morgan fingerprint density at radius 3 is 1.79 bits per heavy atom. The third kappa shape index (κ3) is 8.10. The first kappa shape index (κ1) is 13.5. The van der Waals surface area contributed by atoms with Gasteiger partial charge in [0, 0.05) is 5.92 Å². The summed E-state index contributed by atoms with van der Waals surface area (Å²) in [6.07, 6.45) is 0. The highest BCUT2D eigenvalue weighted by molar-refractivity contribution is 5.11. The molecule has 0 amide bonds. The molecule has 0 aliphatic carbocycles. The predicted octanol–water partition coefficient (Wildman–Crippen LogP) is 3.17. The van der Waals surface area contributed by atoms with Gasteiger partial charge < -0.3 is 0 Å². The fraction of sp³-hybridized carbons (Fsp3) is 0.833. The summed E-state index contributed by atoms with van der Waals surface area (Å²) in [6.45, 7) is 13.7. The topological polar surface area (TPSA) is 18.5 Å². The standard InChI is InChI=1S/C12H22O2/c1-10(2)8-9-12(6,7)14-13-11(3,4)5/h10H,1-7H3. The molecule has 0 heterocycles. The van der Waals surface area contributed by atoms with Crippen molar-refractivity contribution in [1.29, 1.82) is 0 Å². The van der Waals surface area contributed by atoms with Crippen molar-refractivity contribution in [3.05, 3.63) is 0 Å². The van der Waals surface area contributed by atoms with Crippen LogP contribution in [0.25, 0.3) is 0 Å². The summed E-state index contributed by atoms with van der Waals surface area (Å²) in [6, 6.07) is 0. The zero-order valence-electron chi connectivity index (χ0n) is 10.4. The van der Waals surface area contributed by atoms with Crippen LogP contribution in [0.15, 0.2) is 0 Å². The van der Waals surface area contributed by atoms with Gasteiger partial charge in [-0.25, -0.2) is 9.78 Å². The van der Waals surface area contributed by atoms with Gasteiger partial charge in [0.25, 0.3) is 0 Å². The lowest BCUT2D eigenvalue weighted by Gasteiger charge is -2.24. The van der Waals surface area contributed by atoms with E-state index >= 15 is 0 Å². The van der Waals surface area contributed by atoms with Crippen LogP contribution >= 0.6 is 0 Å². The molecular weight excluding hydrogens is 176 g/mol. The van der Waals surface area contributed by atoms with E-state index in [0.29, 0.717) is 5.92 Å². The first-order valence-electron chi connectivity index (χ1n) is 5.02. The van der Waals surface area contributed by atoms with E-state index < -0.39 is 5.60 Å². The van der Waals surface area contributed by atoms with E-state index in [1.165, 1.54) is 0 Å². The van der Waals surface area contributed by atoms with Gasteiger partial charge in [0.2, 0.25) is 0 Å². The molecule has 0 bridgehead atoms. The maximum absolute atomic E-state index is 5.27. The van der Waals surface area contributed by atoms with E-state index in [9.17, 15) is 0 Å². The fourth-order valence-electron chi connectivity index (χ4n) is 0.568. The minimum absolute atomic E-state index is 0.295. The quantitative estimate of drug-likeness (QED) is 0.385. The van der Waals surface area contributed by atoms with Gasteiger partial charge in [0.15, 0.2) is 5.60 Å². The third-order valence-electron chi connectivity index (χ3n) is 1.16. The summed E-state index contributed by atoms with van der Waals surface area (Å²) in [7, 11) is 0. The second-order valence-electron chi connectivity index (χ2n) is 5.21. The Morgan fingerprint density at radius 2 is 1.43 bits per heavy atom. The van der Waals surface area contributed by atoms with Crippen LogP contribution in [-0.2, 0) is 9.78 Å². The van der Waals surface area contributed by atoms with E-state index in [1.807, 2.05) is 48.5 Å².